The van der Waals surface area contributed by atoms with Crippen molar-refractivity contribution in [3.63, 3.8) is 0 Å². The highest BCUT2D eigenvalue weighted by atomic mass is 16.3. The zero-order chi connectivity index (χ0) is 15.4. The number of aliphatic hydroxyl groups is 1. The first-order valence-corrected chi connectivity index (χ1v) is 7.79. The largest absolute Gasteiger partial charge is 0.393 e. The molecule has 0 spiro atoms. The van der Waals surface area contributed by atoms with Gasteiger partial charge in [-0.2, -0.15) is 0 Å². The van der Waals surface area contributed by atoms with E-state index in [0.29, 0.717) is 18.2 Å². The van der Waals surface area contributed by atoms with Gasteiger partial charge in [-0.1, -0.05) is 24.6 Å². The van der Waals surface area contributed by atoms with Gasteiger partial charge in [0, 0.05) is 18.1 Å². The Morgan fingerprint density at radius 1 is 1.27 bits per heavy atom. The minimum atomic E-state index is -0.224. The smallest absolute Gasteiger partial charge is 0.319 e. The number of para-hydroxylation sites is 1. The second-order valence-electron chi connectivity index (χ2n) is 5.90. The molecule has 1 saturated carbocycles. The Morgan fingerprint density at radius 2 is 2.14 bits per heavy atom. The summed E-state index contributed by atoms with van der Waals surface area (Å²) in [6.07, 6.45) is 5.25. The Labute approximate surface area is 129 Å². The van der Waals surface area contributed by atoms with Gasteiger partial charge in [0.1, 0.15) is 0 Å². The monoisotopic (exact) mass is 299 g/mol. The number of aliphatic hydroxyl groups excluding tert-OH is 1. The van der Waals surface area contributed by atoms with Crippen molar-refractivity contribution in [3.8, 4) is 0 Å². The molecule has 0 bridgehead atoms. The molecule has 3 rings (SSSR count). The summed E-state index contributed by atoms with van der Waals surface area (Å²) in [5.41, 5.74) is 1.49. The number of nitrogens with zero attached hydrogens (tertiary/aromatic N) is 1. The molecule has 1 aromatic heterocycles. The van der Waals surface area contributed by atoms with Gasteiger partial charge >= 0.3 is 6.03 Å². The molecular formula is C17H21N3O2. The number of amides is 2. The first-order valence-electron chi connectivity index (χ1n) is 7.79. The first-order chi connectivity index (χ1) is 10.7. The summed E-state index contributed by atoms with van der Waals surface area (Å²) in [4.78, 5) is 16.4. The van der Waals surface area contributed by atoms with Crippen molar-refractivity contribution in [3.05, 3.63) is 36.5 Å². The van der Waals surface area contributed by atoms with Crippen LogP contribution in [0.25, 0.3) is 10.9 Å². The summed E-state index contributed by atoms with van der Waals surface area (Å²) >= 11 is 0. The van der Waals surface area contributed by atoms with E-state index in [1.165, 1.54) is 0 Å². The molecule has 5 nitrogen and oxygen atoms in total. The highest BCUT2D eigenvalue weighted by molar-refractivity contribution is 5.99. The minimum absolute atomic E-state index is 0.217. The number of urea groups is 1. The molecule has 0 aliphatic heterocycles. The summed E-state index contributed by atoms with van der Waals surface area (Å²) in [5, 5.41) is 16.4. The van der Waals surface area contributed by atoms with Gasteiger partial charge in [0.15, 0.2) is 0 Å². The molecule has 0 radical (unpaired) electrons. The molecule has 2 aromatic rings. The van der Waals surface area contributed by atoms with Crippen molar-refractivity contribution in [1.29, 1.82) is 0 Å². The summed E-state index contributed by atoms with van der Waals surface area (Å²) in [6, 6.07) is 9.33. The fourth-order valence-corrected chi connectivity index (χ4v) is 3.06. The van der Waals surface area contributed by atoms with E-state index in [1.54, 1.807) is 6.20 Å². The number of fused-ring (bicyclic) bond motifs is 1. The highest BCUT2D eigenvalue weighted by Gasteiger charge is 2.20. The van der Waals surface area contributed by atoms with Gasteiger partial charge < -0.3 is 15.7 Å². The Kier molecular flexibility index (Phi) is 4.53. The number of hydrogen-bond acceptors (Lipinski definition) is 3. The van der Waals surface area contributed by atoms with Gasteiger partial charge in [0.25, 0.3) is 0 Å². The standard InChI is InChI=1S/C17H21N3O2/c21-14-7-1-4-12(10-14)11-19-17(22)20-15-8-2-5-13-6-3-9-18-16(13)15/h2-3,5-6,8-9,12,14,21H,1,4,7,10-11H2,(H2,19,20,22). The third-order valence-electron chi connectivity index (χ3n) is 4.19. The van der Waals surface area contributed by atoms with Gasteiger partial charge in [-0.3, -0.25) is 4.98 Å². The zero-order valence-corrected chi connectivity index (χ0v) is 12.5. The molecule has 1 fully saturated rings. The van der Waals surface area contributed by atoms with Crippen molar-refractivity contribution in [2.24, 2.45) is 5.92 Å². The number of rotatable bonds is 3. The van der Waals surface area contributed by atoms with Crippen LogP contribution in [0, 0.1) is 5.92 Å². The number of pyridine rings is 1. The number of anilines is 1. The number of aromatic nitrogens is 1. The Hall–Kier alpha value is -2.14. The van der Waals surface area contributed by atoms with Gasteiger partial charge in [0.05, 0.1) is 17.3 Å². The fraction of sp³-hybridized carbons (Fsp3) is 0.412. The fourth-order valence-electron chi connectivity index (χ4n) is 3.06. The summed E-state index contributed by atoms with van der Waals surface area (Å²) < 4.78 is 0. The van der Waals surface area contributed by atoms with Crippen molar-refractivity contribution in [2.75, 3.05) is 11.9 Å². The van der Waals surface area contributed by atoms with E-state index < -0.39 is 0 Å². The second-order valence-corrected chi connectivity index (χ2v) is 5.90. The van der Waals surface area contributed by atoms with Gasteiger partial charge in [0.2, 0.25) is 0 Å². The molecule has 2 amide bonds. The number of benzene rings is 1. The Bertz CT molecular complexity index is 654. The van der Waals surface area contributed by atoms with Crippen LogP contribution in [0.15, 0.2) is 36.5 Å². The molecule has 2 atom stereocenters. The maximum atomic E-state index is 12.1. The predicted molar refractivity (Wildman–Crippen MR) is 86.7 cm³/mol. The number of carbonyl (C=O) groups excluding carboxylic acids is 1. The second kappa shape index (κ2) is 6.75. The SMILES string of the molecule is O=C(NCC1CCCC(O)C1)Nc1cccc2cccnc12. The molecule has 116 valence electrons. The molecular weight excluding hydrogens is 278 g/mol. The molecule has 0 saturated heterocycles. The Balaban J connectivity index is 1.59. The van der Waals surface area contributed by atoms with Crippen molar-refractivity contribution in [2.45, 2.75) is 31.8 Å². The van der Waals surface area contributed by atoms with Crippen LogP contribution in [0.2, 0.25) is 0 Å². The molecule has 1 aliphatic rings. The third-order valence-corrected chi connectivity index (χ3v) is 4.19. The lowest BCUT2D eigenvalue weighted by molar-refractivity contribution is 0.101. The van der Waals surface area contributed by atoms with Crippen molar-refractivity contribution in [1.82, 2.24) is 10.3 Å². The number of carbonyl (C=O) groups is 1. The number of nitrogens with one attached hydrogen (secondary N) is 2. The molecule has 1 aliphatic carbocycles. The lowest BCUT2D eigenvalue weighted by Crippen LogP contribution is -2.35. The van der Waals surface area contributed by atoms with E-state index in [-0.39, 0.29) is 12.1 Å². The maximum Gasteiger partial charge on any atom is 0.319 e. The van der Waals surface area contributed by atoms with Crippen LogP contribution in [-0.2, 0) is 0 Å². The molecule has 1 heterocycles. The van der Waals surface area contributed by atoms with Crippen LogP contribution < -0.4 is 10.6 Å². The topological polar surface area (TPSA) is 74.2 Å². The number of hydrogen-bond donors (Lipinski definition) is 3. The van der Waals surface area contributed by atoms with Crippen molar-refractivity contribution < 1.29 is 9.90 Å². The average molecular weight is 299 g/mol. The molecule has 2 unspecified atom stereocenters. The van der Waals surface area contributed by atoms with Gasteiger partial charge in [-0.25, -0.2) is 4.79 Å². The summed E-state index contributed by atoms with van der Waals surface area (Å²) in [7, 11) is 0. The van der Waals surface area contributed by atoms with E-state index in [1.807, 2.05) is 30.3 Å². The molecule has 1 aromatic carbocycles. The van der Waals surface area contributed by atoms with E-state index in [0.717, 1.165) is 36.6 Å². The highest BCUT2D eigenvalue weighted by Crippen LogP contribution is 2.24. The van der Waals surface area contributed by atoms with Crippen LogP contribution in [-0.4, -0.2) is 28.8 Å². The summed E-state index contributed by atoms with van der Waals surface area (Å²) in [5.74, 6) is 0.361. The minimum Gasteiger partial charge on any atom is -0.393 e. The summed E-state index contributed by atoms with van der Waals surface area (Å²) in [6.45, 7) is 0.598. The zero-order valence-electron chi connectivity index (χ0n) is 12.5. The van der Waals surface area contributed by atoms with Crippen LogP contribution >= 0.6 is 0 Å². The quantitative estimate of drug-likeness (QED) is 0.816. The molecule has 5 heteroatoms. The normalized spacial score (nSPS) is 21.5. The van der Waals surface area contributed by atoms with Crippen molar-refractivity contribution >= 4 is 22.6 Å². The van der Waals surface area contributed by atoms with E-state index in [4.69, 9.17) is 0 Å². The van der Waals surface area contributed by atoms with E-state index in [9.17, 15) is 9.90 Å². The molecule has 3 N–H and O–H groups in total. The van der Waals surface area contributed by atoms with Crippen LogP contribution in [0.3, 0.4) is 0 Å². The van der Waals surface area contributed by atoms with Gasteiger partial charge in [-0.15, -0.1) is 0 Å². The molecule has 22 heavy (non-hydrogen) atoms. The lowest BCUT2D eigenvalue weighted by Gasteiger charge is -2.25. The first kappa shape index (κ1) is 14.8. The Morgan fingerprint density at radius 3 is 3.00 bits per heavy atom. The van der Waals surface area contributed by atoms with E-state index in [2.05, 4.69) is 15.6 Å². The van der Waals surface area contributed by atoms with Gasteiger partial charge in [-0.05, 0) is 37.3 Å². The van der Waals surface area contributed by atoms with E-state index >= 15 is 0 Å². The van der Waals surface area contributed by atoms with Crippen LogP contribution in [0.1, 0.15) is 25.7 Å². The maximum absolute atomic E-state index is 12.1. The lowest BCUT2D eigenvalue weighted by atomic mass is 9.87. The third kappa shape index (κ3) is 3.54. The predicted octanol–water partition coefficient (Wildman–Crippen LogP) is 2.91. The van der Waals surface area contributed by atoms with Crippen LogP contribution in [0.5, 0.6) is 0 Å². The van der Waals surface area contributed by atoms with Crippen LogP contribution in [0.4, 0.5) is 10.5 Å². The average Bonchev–Trinajstić information content (AvgIpc) is 2.53.